The number of benzene rings is 2. The number of hydrogen-bond acceptors (Lipinski definition) is 1. The molecule has 0 heterocycles. The largest absolute Gasteiger partial charge is 0.327 e. The van der Waals surface area contributed by atoms with Crippen molar-refractivity contribution < 1.29 is 0 Å². The molecule has 4 rings (SSSR count). The highest BCUT2D eigenvalue weighted by molar-refractivity contribution is 5.35. The first-order valence-corrected chi connectivity index (χ1v) is 7.70. The van der Waals surface area contributed by atoms with Crippen LogP contribution in [0.25, 0.3) is 0 Å². The maximum absolute atomic E-state index is 6.64. The molecule has 1 nitrogen and oxygen atoms in total. The van der Waals surface area contributed by atoms with Crippen LogP contribution >= 0.6 is 0 Å². The van der Waals surface area contributed by atoms with E-state index in [0.29, 0.717) is 17.9 Å². The van der Waals surface area contributed by atoms with Crippen LogP contribution in [0.5, 0.6) is 0 Å². The Morgan fingerprint density at radius 3 is 1.25 bits per heavy atom. The maximum Gasteiger partial charge on any atom is 0.0108 e. The van der Waals surface area contributed by atoms with Crippen LogP contribution in [0.1, 0.15) is 22.3 Å². The Morgan fingerprint density at radius 2 is 0.950 bits per heavy atom. The zero-order valence-electron chi connectivity index (χ0n) is 11.8. The van der Waals surface area contributed by atoms with Gasteiger partial charge >= 0.3 is 0 Å². The summed E-state index contributed by atoms with van der Waals surface area (Å²) in [5.41, 5.74) is 12.7. The number of rotatable bonds is 2. The molecular weight excluding hydrogens is 242 g/mol. The Hall–Kier alpha value is -1.60. The third-order valence-electron chi connectivity index (χ3n) is 5.25. The Kier molecular flexibility index (Phi) is 2.89. The van der Waals surface area contributed by atoms with Crippen LogP contribution < -0.4 is 5.73 Å². The van der Waals surface area contributed by atoms with Crippen molar-refractivity contribution in [2.24, 2.45) is 17.6 Å². The van der Waals surface area contributed by atoms with Crippen molar-refractivity contribution in [2.75, 3.05) is 0 Å². The predicted molar refractivity (Wildman–Crippen MR) is 82.7 cm³/mol. The van der Waals surface area contributed by atoms with Gasteiger partial charge in [0.2, 0.25) is 0 Å². The predicted octanol–water partition coefficient (Wildman–Crippen LogP) is 3.14. The van der Waals surface area contributed by atoms with E-state index < -0.39 is 0 Å². The van der Waals surface area contributed by atoms with E-state index in [1.54, 1.807) is 0 Å². The van der Waals surface area contributed by atoms with Crippen LogP contribution in [0.2, 0.25) is 0 Å². The van der Waals surface area contributed by atoms with Gasteiger partial charge in [0.25, 0.3) is 0 Å². The molecule has 2 aliphatic carbocycles. The minimum atomic E-state index is 0.329. The number of nitrogens with two attached hydrogens (primary N) is 1. The molecule has 102 valence electrons. The molecule has 0 bridgehead atoms. The minimum absolute atomic E-state index is 0.329. The lowest BCUT2D eigenvalue weighted by atomic mass is 9.85. The summed E-state index contributed by atoms with van der Waals surface area (Å²) in [5, 5.41) is 0. The average Bonchev–Trinajstić information content (AvgIpc) is 3.10. The molecule has 2 aromatic rings. The van der Waals surface area contributed by atoms with E-state index in [4.69, 9.17) is 5.73 Å². The molecular formula is C19H21N. The second-order valence-corrected chi connectivity index (χ2v) is 6.45. The van der Waals surface area contributed by atoms with Crippen LogP contribution in [0.4, 0.5) is 0 Å². The van der Waals surface area contributed by atoms with E-state index in [0.717, 1.165) is 0 Å². The summed E-state index contributed by atoms with van der Waals surface area (Å²) in [6, 6.07) is 18.0. The molecule has 2 N–H and O–H groups in total. The molecule has 0 radical (unpaired) electrons. The van der Waals surface area contributed by atoms with E-state index >= 15 is 0 Å². The van der Waals surface area contributed by atoms with Gasteiger partial charge < -0.3 is 5.73 Å². The maximum atomic E-state index is 6.64. The van der Waals surface area contributed by atoms with Gasteiger partial charge in [-0.25, -0.2) is 0 Å². The second-order valence-electron chi connectivity index (χ2n) is 6.45. The standard InChI is InChI=1S/C19H21N/c20-19(17-9-13-5-1-2-6-14(13)10-17)18-11-15-7-3-4-8-16(15)12-18/h1-8,17-19H,9-12,20H2. The summed E-state index contributed by atoms with van der Waals surface area (Å²) >= 11 is 0. The summed E-state index contributed by atoms with van der Waals surface area (Å²) < 4.78 is 0. The average molecular weight is 263 g/mol. The molecule has 0 saturated heterocycles. The van der Waals surface area contributed by atoms with E-state index in [2.05, 4.69) is 48.5 Å². The molecule has 0 spiro atoms. The van der Waals surface area contributed by atoms with Crippen molar-refractivity contribution in [3.8, 4) is 0 Å². The second kappa shape index (κ2) is 4.75. The summed E-state index contributed by atoms with van der Waals surface area (Å²) in [6.07, 6.45) is 4.68. The van der Waals surface area contributed by atoms with Crippen molar-refractivity contribution in [3.63, 3.8) is 0 Å². The first kappa shape index (κ1) is 12.2. The van der Waals surface area contributed by atoms with E-state index in [9.17, 15) is 0 Å². The van der Waals surface area contributed by atoms with Crippen molar-refractivity contribution in [1.82, 2.24) is 0 Å². The zero-order valence-corrected chi connectivity index (χ0v) is 11.8. The van der Waals surface area contributed by atoms with E-state index in [1.165, 1.54) is 47.9 Å². The molecule has 0 fully saturated rings. The highest BCUT2D eigenvalue weighted by Crippen LogP contribution is 2.35. The van der Waals surface area contributed by atoms with Crippen LogP contribution in [-0.4, -0.2) is 6.04 Å². The van der Waals surface area contributed by atoms with Gasteiger partial charge in [-0.05, 0) is 59.8 Å². The lowest BCUT2D eigenvalue weighted by Crippen LogP contribution is -2.38. The van der Waals surface area contributed by atoms with E-state index in [-0.39, 0.29) is 0 Å². The Labute approximate surface area is 120 Å². The van der Waals surface area contributed by atoms with Crippen LogP contribution in [0, 0.1) is 11.8 Å². The number of fused-ring (bicyclic) bond motifs is 2. The lowest BCUT2D eigenvalue weighted by Gasteiger charge is -2.25. The molecule has 0 aliphatic heterocycles. The topological polar surface area (TPSA) is 26.0 Å². The zero-order chi connectivity index (χ0) is 13.5. The molecule has 0 unspecified atom stereocenters. The van der Waals surface area contributed by atoms with Gasteiger partial charge in [0, 0.05) is 6.04 Å². The molecule has 0 aromatic heterocycles. The Bertz CT molecular complexity index is 526. The van der Waals surface area contributed by atoms with Gasteiger partial charge in [-0.2, -0.15) is 0 Å². The highest BCUT2D eigenvalue weighted by atomic mass is 14.7. The van der Waals surface area contributed by atoms with Gasteiger partial charge in [0.15, 0.2) is 0 Å². The highest BCUT2D eigenvalue weighted by Gasteiger charge is 2.34. The molecule has 1 heteroatoms. The van der Waals surface area contributed by atoms with Crippen molar-refractivity contribution >= 4 is 0 Å². The molecule has 2 aliphatic rings. The summed E-state index contributed by atoms with van der Waals surface area (Å²) in [6.45, 7) is 0. The van der Waals surface area contributed by atoms with Gasteiger partial charge in [-0.15, -0.1) is 0 Å². The first-order valence-electron chi connectivity index (χ1n) is 7.70. The van der Waals surface area contributed by atoms with Crippen molar-refractivity contribution in [2.45, 2.75) is 31.7 Å². The first-order chi connectivity index (χ1) is 9.81. The molecule has 0 saturated carbocycles. The van der Waals surface area contributed by atoms with Crippen molar-refractivity contribution in [1.29, 1.82) is 0 Å². The monoisotopic (exact) mass is 263 g/mol. The fourth-order valence-corrected chi connectivity index (χ4v) is 4.11. The summed E-state index contributed by atoms with van der Waals surface area (Å²) in [7, 11) is 0. The quantitative estimate of drug-likeness (QED) is 0.885. The number of hydrogen-bond donors (Lipinski definition) is 1. The fourth-order valence-electron chi connectivity index (χ4n) is 4.11. The van der Waals surface area contributed by atoms with Crippen LogP contribution in [0.3, 0.4) is 0 Å². The molecule has 0 amide bonds. The minimum Gasteiger partial charge on any atom is -0.327 e. The van der Waals surface area contributed by atoms with Crippen LogP contribution in [0.15, 0.2) is 48.5 Å². The van der Waals surface area contributed by atoms with Crippen molar-refractivity contribution in [3.05, 3.63) is 70.8 Å². The van der Waals surface area contributed by atoms with Crippen LogP contribution in [-0.2, 0) is 25.7 Å². The SMILES string of the molecule is NC(C1Cc2ccccc2C1)C1Cc2ccccc2C1. The smallest absolute Gasteiger partial charge is 0.0108 e. The van der Waals surface area contributed by atoms with Gasteiger partial charge in [-0.3, -0.25) is 0 Å². The lowest BCUT2D eigenvalue weighted by molar-refractivity contribution is 0.324. The summed E-state index contributed by atoms with van der Waals surface area (Å²) in [4.78, 5) is 0. The molecule has 2 aromatic carbocycles. The third-order valence-corrected chi connectivity index (χ3v) is 5.25. The Balaban J connectivity index is 1.50. The van der Waals surface area contributed by atoms with Gasteiger partial charge in [0.1, 0.15) is 0 Å². The third kappa shape index (κ3) is 1.97. The fraction of sp³-hybridized carbons (Fsp3) is 0.368. The molecule has 0 atom stereocenters. The van der Waals surface area contributed by atoms with E-state index in [1.807, 2.05) is 0 Å². The summed E-state index contributed by atoms with van der Waals surface area (Å²) in [5.74, 6) is 1.26. The Morgan fingerprint density at radius 1 is 0.650 bits per heavy atom. The van der Waals surface area contributed by atoms with Gasteiger partial charge in [0.05, 0.1) is 0 Å². The van der Waals surface area contributed by atoms with Gasteiger partial charge in [-0.1, -0.05) is 48.5 Å². The molecule has 20 heavy (non-hydrogen) atoms. The normalized spacial score (nSPS) is 18.5.